The van der Waals surface area contributed by atoms with Crippen molar-refractivity contribution in [3.8, 4) is 0 Å². The molecule has 0 radical (unpaired) electrons. The van der Waals surface area contributed by atoms with Gasteiger partial charge in [-0.3, -0.25) is 4.98 Å². The highest BCUT2D eigenvalue weighted by Crippen LogP contribution is 2.25. The molecule has 94 valence electrons. The first-order chi connectivity index (χ1) is 8.68. The molecule has 0 aliphatic heterocycles. The van der Waals surface area contributed by atoms with E-state index < -0.39 is 0 Å². The number of pyridine rings is 1. The van der Waals surface area contributed by atoms with Crippen molar-refractivity contribution >= 4 is 5.69 Å². The average Bonchev–Trinajstić information content (AvgIpc) is 2.40. The fourth-order valence-corrected chi connectivity index (χ4v) is 2.07. The van der Waals surface area contributed by atoms with Crippen LogP contribution in [-0.4, -0.2) is 12.0 Å². The van der Waals surface area contributed by atoms with Gasteiger partial charge in [0, 0.05) is 37.7 Å². The molecule has 0 fully saturated rings. The van der Waals surface area contributed by atoms with Crippen LogP contribution >= 0.6 is 0 Å². The van der Waals surface area contributed by atoms with Crippen LogP contribution in [-0.2, 0) is 6.54 Å². The summed E-state index contributed by atoms with van der Waals surface area (Å²) in [6, 6.07) is 12.4. The van der Waals surface area contributed by atoms with Crippen molar-refractivity contribution in [3.63, 3.8) is 0 Å². The number of benzene rings is 1. The standard InChI is InChI=1S/C15H19N3/c1-12(16)14-5-3-4-6-15(14)18(2)11-13-7-9-17-10-8-13/h3-10,12H,11,16H2,1-2H3/t12-/m1/s1. The van der Waals surface area contributed by atoms with Crippen LogP contribution in [0.15, 0.2) is 48.8 Å². The van der Waals surface area contributed by atoms with Gasteiger partial charge in [-0.25, -0.2) is 0 Å². The molecule has 1 heterocycles. The SMILES string of the molecule is C[C@@H](N)c1ccccc1N(C)Cc1ccncc1. The van der Waals surface area contributed by atoms with Gasteiger partial charge in [0.2, 0.25) is 0 Å². The van der Waals surface area contributed by atoms with Gasteiger partial charge in [0.05, 0.1) is 0 Å². The smallest absolute Gasteiger partial charge is 0.0427 e. The molecule has 1 atom stereocenters. The predicted molar refractivity (Wildman–Crippen MR) is 75.4 cm³/mol. The second-order valence-corrected chi connectivity index (χ2v) is 4.56. The Bertz CT molecular complexity index is 494. The van der Waals surface area contributed by atoms with E-state index in [0.717, 1.165) is 6.54 Å². The van der Waals surface area contributed by atoms with Crippen molar-refractivity contribution in [2.24, 2.45) is 5.73 Å². The molecule has 18 heavy (non-hydrogen) atoms. The second kappa shape index (κ2) is 5.65. The Hall–Kier alpha value is -1.87. The summed E-state index contributed by atoms with van der Waals surface area (Å²) < 4.78 is 0. The largest absolute Gasteiger partial charge is 0.370 e. The third kappa shape index (κ3) is 2.87. The number of aromatic nitrogens is 1. The maximum atomic E-state index is 6.01. The molecule has 0 aliphatic carbocycles. The van der Waals surface area contributed by atoms with Crippen LogP contribution in [0.25, 0.3) is 0 Å². The Morgan fingerprint density at radius 2 is 1.83 bits per heavy atom. The summed E-state index contributed by atoms with van der Waals surface area (Å²) in [4.78, 5) is 6.25. The number of rotatable bonds is 4. The van der Waals surface area contributed by atoms with Crippen LogP contribution in [0.5, 0.6) is 0 Å². The third-order valence-electron chi connectivity index (χ3n) is 3.01. The number of hydrogen-bond acceptors (Lipinski definition) is 3. The molecule has 0 bridgehead atoms. The Balaban J connectivity index is 2.21. The molecule has 1 aromatic carbocycles. The minimum Gasteiger partial charge on any atom is -0.370 e. The molecule has 0 unspecified atom stereocenters. The summed E-state index contributed by atoms with van der Waals surface area (Å²) in [5, 5.41) is 0. The van der Waals surface area contributed by atoms with Gasteiger partial charge in [-0.05, 0) is 36.2 Å². The van der Waals surface area contributed by atoms with Gasteiger partial charge in [-0.15, -0.1) is 0 Å². The summed E-state index contributed by atoms with van der Waals surface area (Å²) in [7, 11) is 2.08. The van der Waals surface area contributed by atoms with Crippen molar-refractivity contribution in [3.05, 3.63) is 59.9 Å². The minimum atomic E-state index is 0.0427. The van der Waals surface area contributed by atoms with E-state index in [0.29, 0.717) is 0 Å². The lowest BCUT2D eigenvalue weighted by Crippen LogP contribution is -2.20. The van der Waals surface area contributed by atoms with Crippen LogP contribution in [0.3, 0.4) is 0 Å². The molecule has 0 amide bonds. The van der Waals surface area contributed by atoms with Gasteiger partial charge >= 0.3 is 0 Å². The van der Waals surface area contributed by atoms with Crippen LogP contribution < -0.4 is 10.6 Å². The van der Waals surface area contributed by atoms with E-state index in [9.17, 15) is 0 Å². The summed E-state index contributed by atoms with van der Waals surface area (Å²) in [6.07, 6.45) is 3.64. The zero-order valence-corrected chi connectivity index (χ0v) is 10.9. The van der Waals surface area contributed by atoms with Crippen LogP contribution in [0.4, 0.5) is 5.69 Å². The van der Waals surface area contributed by atoms with Crippen LogP contribution in [0, 0.1) is 0 Å². The van der Waals surface area contributed by atoms with Gasteiger partial charge in [-0.1, -0.05) is 18.2 Å². The van der Waals surface area contributed by atoms with Gasteiger partial charge in [0.15, 0.2) is 0 Å². The Kier molecular flexibility index (Phi) is 3.95. The van der Waals surface area contributed by atoms with Crippen LogP contribution in [0.1, 0.15) is 24.1 Å². The molecule has 2 aromatic rings. The number of para-hydroxylation sites is 1. The van der Waals surface area contributed by atoms with E-state index in [-0.39, 0.29) is 6.04 Å². The lowest BCUT2D eigenvalue weighted by molar-refractivity contribution is 0.801. The Morgan fingerprint density at radius 1 is 1.17 bits per heavy atom. The van der Waals surface area contributed by atoms with Crippen LogP contribution in [0.2, 0.25) is 0 Å². The number of hydrogen-bond donors (Lipinski definition) is 1. The van der Waals surface area contributed by atoms with E-state index in [1.54, 1.807) is 0 Å². The zero-order valence-electron chi connectivity index (χ0n) is 10.9. The Labute approximate surface area is 108 Å². The van der Waals surface area contributed by atoms with Gasteiger partial charge < -0.3 is 10.6 Å². The maximum Gasteiger partial charge on any atom is 0.0427 e. The topological polar surface area (TPSA) is 42.1 Å². The Morgan fingerprint density at radius 3 is 2.50 bits per heavy atom. The van der Waals surface area contributed by atoms with Gasteiger partial charge in [-0.2, -0.15) is 0 Å². The normalized spacial score (nSPS) is 12.2. The molecule has 0 aliphatic rings. The zero-order chi connectivity index (χ0) is 13.0. The van der Waals surface area contributed by atoms with E-state index in [1.165, 1.54) is 16.8 Å². The first-order valence-electron chi connectivity index (χ1n) is 6.13. The molecule has 3 heteroatoms. The van der Waals surface area contributed by atoms with Crippen molar-refractivity contribution in [2.45, 2.75) is 19.5 Å². The number of anilines is 1. The fraction of sp³-hybridized carbons (Fsp3) is 0.267. The number of nitrogens with two attached hydrogens (primary N) is 1. The lowest BCUT2D eigenvalue weighted by atomic mass is 10.1. The summed E-state index contributed by atoms with van der Waals surface area (Å²) in [6.45, 7) is 2.87. The van der Waals surface area contributed by atoms with E-state index in [4.69, 9.17) is 5.73 Å². The molecular formula is C15H19N3. The van der Waals surface area contributed by atoms with Crippen molar-refractivity contribution in [2.75, 3.05) is 11.9 Å². The highest BCUT2D eigenvalue weighted by Gasteiger charge is 2.10. The van der Waals surface area contributed by atoms with Crippen molar-refractivity contribution in [1.82, 2.24) is 4.98 Å². The first kappa shape index (κ1) is 12.6. The van der Waals surface area contributed by atoms with E-state index >= 15 is 0 Å². The van der Waals surface area contributed by atoms with Gasteiger partial charge in [0.25, 0.3) is 0 Å². The second-order valence-electron chi connectivity index (χ2n) is 4.56. The molecular weight excluding hydrogens is 222 g/mol. The third-order valence-corrected chi connectivity index (χ3v) is 3.01. The lowest BCUT2D eigenvalue weighted by Gasteiger charge is -2.24. The highest BCUT2D eigenvalue weighted by molar-refractivity contribution is 5.54. The van der Waals surface area contributed by atoms with Gasteiger partial charge in [0.1, 0.15) is 0 Å². The van der Waals surface area contributed by atoms with E-state index in [2.05, 4.69) is 29.1 Å². The maximum absolute atomic E-state index is 6.01. The monoisotopic (exact) mass is 241 g/mol. The minimum absolute atomic E-state index is 0.0427. The predicted octanol–water partition coefficient (Wildman–Crippen LogP) is 2.74. The molecule has 0 saturated heterocycles. The first-order valence-corrected chi connectivity index (χ1v) is 6.13. The summed E-state index contributed by atoms with van der Waals surface area (Å²) in [5.41, 5.74) is 9.61. The van der Waals surface area contributed by atoms with Crippen molar-refractivity contribution in [1.29, 1.82) is 0 Å². The van der Waals surface area contributed by atoms with Crippen molar-refractivity contribution < 1.29 is 0 Å². The average molecular weight is 241 g/mol. The quantitative estimate of drug-likeness (QED) is 0.895. The molecule has 3 nitrogen and oxygen atoms in total. The fourth-order valence-electron chi connectivity index (χ4n) is 2.07. The molecule has 0 spiro atoms. The molecule has 1 aromatic heterocycles. The summed E-state index contributed by atoms with van der Waals surface area (Å²) >= 11 is 0. The highest BCUT2D eigenvalue weighted by atomic mass is 15.1. The molecule has 2 N–H and O–H groups in total. The molecule has 2 rings (SSSR count). The van der Waals surface area contributed by atoms with E-state index in [1.807, 2.05) is 43.6 Å². The molecule has 0 saturated carbocycles. The number of nitrogens with zero attached hydrogens (tertiary/aromatic N) is 2. The summed E-state index contributed by atoms with van der Waals surface area (Å²) in [5.74, 6) is 0.